The molecule has 2 aromatic carbocycles. The van der Waals surface area contributed by atoms with Crippen molar-refractivity contribution in [3.8, 4) is 5.75 Å². The van der Waals surface area contributed by atoms with Gasteiger partial charge < -0.3 is 10.1 Å². The summed E-state index contributed by atoms with van der Waals surface area (Å²) in [4.78, 5) is 0. The molecule has 0 radical (unpaired) electrons. The summed E-state index contributed by atoms with van der Waals surface area (Å²) in [5, 5.41) is 3.18. The molecule has 0 bridgehead atoms. The van der Waals surface area contributed by atoms with Crippen molar-refractivity contribution in [2.45, 2.75) is 19.6 Å². The molecule has 0 fully saturated rings. The molecule has 2 aromatic rings. The van der Waals surface area contributed by atoms with E-state index in [-0.39, 0.29) is 17.2 Å². The molecule has 3 rings (SSSR count). The van der Waals surface area contributed by atoms with E-state index in [1.807, 2.05) is 18.2 Å². The summed E-state index contributed by atoms with van der Waals surface area (Å²) < 4.78 is 32.9. The smallest absolute Gasteiger partial charge is 0.151 e. The van der Waals surface area contributed by atoms with Gasteiger partial charge in [-0.2, -0.15) is 0 Å². The van der Waals surface area contributed by atoms with Gasteiger partial charge in [-0.3, -0.25) is 0 Å². The van der Waals surface area contributed by atoms with E-state index < -0.39 is 11.6 Å². The SMILES string of the molecule is Fc1ccc(Cl)c(F)c1COc1ccc2c(c1)CCNC2. The van der Waals surface area contributed by atoms with Crippen LogP contribution in [0, 0.1) is 11.6 Å². The predicted molar refractivity (Wildman–Crippen MR) is 77.6 cm³/mol. The van der Waals surface area contributed by atoms with E-state index in [0.29, 0.717) is 5.75 Å². The summed E-state index contributed by atoms with van der Waals surface area (Å²) in [6, 6.07) is 8.05. The number of hydrogen-bond acceptors (Lipinski definition) is 2. The molecule has 110 valence electrons. The Bertz CT molecular complexity index is 676. The Morgan fingerprint density at radius 1 is 1.14 bits per heavy atom. The third kappa shape index (κ3) is 3.01. The zero-order chi connectivity index (χ0) is 14.8. The topological polar surface area (TPSA) is 21.3 Å². The van der Waals surface area contributed by atoms with Crippen LogP contribution in [0.1, 0.15) is 16.7 Å². The maximum absolute atomic E-state index is 13.8. The van der Waals surface area contributed by atoms with Crippen LogP contribution in [0.25, 0.3) is 0 Å². The Morgan fingerprint density at radius 3 is 2.86 bits per heavy atom. The highest BCUT2D eigenvalue weighted by Crippen LogP contribution is 2.25. The highest BCUT2D eigenvalue weighted by Gasteiger charge is 2.14. The van der Waals surface area contributed by atoms with Crippen LogP contribution >= 0.6 is 11.6 Å². The maximum Gasteiger partial charge on any atom is 0.151 e. The second kappa shape index (κ2) is 6.00. The fourth-order valence-electron chi connectivity index (χ4n) is 2.40. The number of hydrogen-bond donors (Lipinski definition) is 1. The van der Waals surface area contributed by atoms with Crippen LogP contribution in [0.3, 0.4) is 0 Å². The first-order valence-electron chi connectivity index (χ1n) is 6.73. The molecule has 0 saturated carbocycles. The normalized spacial score (nSPS) is 13.9. The van der Waals surface area contributed by atoms with Gasteiger partial charge in [-0.05, 0) is 48.4 Å². The van der Waals surface area contributed by atoms with E-state index in [9.17, 15) is 8.78 Å². The van der Waals surface area contributed by atoms with E-state index in [0.717, 1.165) is 25.6 Å². The highest BCUT2D eigenvalue weighted by atomic mass is 35.5. The zero-order valence-electron chi connectivity index (χ0n) is 11.3. The van der Waals surface area contributed by atoms with E-state index in [2.05, 4.69) is 5.32 Å². The Balaban J connectivity index is 1.78. The molecule has 21 heavy (non-hydrogen) atoms. The van der Waals surface area contributed by atoms with Crippen molar-refractivity contribution in [2.24, 2.45) is 0 Å². The molecule has 0 aromatic heterocycles. The number of halogens is 3. The minimum atomic E-state index is -0.765. The first-order valence-corrected chi connectivity index (χ1v) is 7.10. The molecule has 0 amide bonds. The zero-order valence-corrected chi connectivity index (χ0v) is 12.0. The van der Waals surface area contributed by atoms with Crippen molar-refractivity contribution in [1.29, 1.82) is 0 Å². The number of benzene rings is 2. The summed E-state index contributed by atoms with van der Waals surface area (Å²) in [5.74, 6) is -0.813. The molecule has 0 aliphatic carbocycles. The second-order valence-electron chi connectivity index (χ2n) is 4.97. The number of ether oxygens (including phenoxy) is 1. The molecule has 0 unspecified atom stereocenters. The fraction of sp³-hybridized carbons (Fsp3) is 0.250. The lowest BCUT2D eigenvalue weighted by atomic mass is 10.0. The lowest BCUT2D eigenvalue weighted by Gasteiger charge is -2.18. The molecule has 2 nitrogen and oxygen atoms in total. The van der Waals surface area contributed by atoms with Gasteiger partial charge in [0.2, 0.25) is 0 Å². The van der Waals surface area contributed by atoms with E-state index in [4.69, 9.17) is 16.3 Å². The van der Waals surface area contributed by atoms with E-state index >= 15 is 0 Å². The Labute approximate surface area is 126 Å². The predicted octanol–water partition coefficient (Wildman–Crippen LogP) is 3.84. The Kier molecular flexibility index (Phi) is 4.08. The van der Waals surface area contributed by atoms with E-state index in [1.165, 1.54) is 17.2 Å². The lowest BCUT2D eigenvalue weighted by molar-refractivity contribution is 0.292. The van der Waals surface area contributed by atoms with Gasteiger partial charge in [-0.15, -0.1) is 0 Å². The number of rotatable bonds is 3. The largest absolute Gasteiger partial charge is 0.489 e. The average molecular weight is 310 g/mol. The summed E-state index contributed by atoms with van der Waals surface area (Å²) in [7, 11) is 0. The van der Waals surface area contributed by atoms with E-state index in [1.54, 1.807) is 0 Å². The quantitative estimate of drug-likeness (QED) is 0.870. The van der Waals surface area contributed by atoms with Crippen LogP contribution in [-0.4, -0.2) is 6.54 Å². The molecule has 1 aliphatic rings. The summed E-state index contributed by atoms with van der Waals surface area (Å²) in [6.45, 7) is 1.58. The molecule has 1 N–H and O–H groups in total. The van der Waals surface area contributed by atoms with Gasteiger partial charge in [-0.25, -0.2) is 8.78 Å². The molecular weight excluding hydrogens is 296 g/mol. The summed E-state index contributed by atoms with van der Waals surface area (Å²) >= 11 is 5.66. The van der Waals surface area contributed by atoms with Crippen molar-refractivity contribution >= 4 is 11.6 Å². The van der Waals surface area contributed by atoms with Crippen molar-refractivity contribution in [3.05, 3.63) is 63.7 Å². The molecule has 0 atom stereocenters. The minimum Gasteiger partial charge on any atom is -0.489 e. The van der Waals surface area contributed by atoms with Gasteiger partial charge in [0, 0.05) is 6.54 Å². The van der Waals surface area contributed by atoms with Crippen LogP contribution in [0.4, 0.5) is 8.78 Å². The van der Waals surface area contributed by atoms with Gasteiger partial charge in [0.25, 0.3) is 0 Å². The number of fused-ring (bicyclic) bond motifs is 1. The van der Waals surface area contributed by atoms with Crippen molar-refractivity contribution < 1.29 is 13.5 Å². The highest BCUT2D eigenvalue weighted by molar-refractivity contribution is 6.30. The van der Waals surface area contributed by atoms with Crippen molar-refractivity contribution in [3.63, 3.8) is 0 Å². The lowest BCUT2D eigenvalue weighted by Crippen LogP contribution is -2.23. The monoisotopic (exact) mass is 309 g/mol. The van der Waals surface area contributed by atoms with Crippen LogP contribution in [0.5, 0.6) is 5.75 Å². The van der Waals surface area contributed by atoms with Crippen molar-refractivity contribution in [1.82, 2.24) is 5.32 Å². The van der Waals surface area contributed by atoms with Crippen LogP contribution in [-0.2, 0) is 19.6 Å². The maximum atomic E-state index is 13.8. The summed E-state index contributed by atoms with van der Waals surface area (Å²) in [6.07, 6.45) is 0.923. The Hall–Kier alpha value is -1.65. The minimum absolute atomic E-state index is 0.105. The molecule has 0 spiro atoms. The molecule has 1 aliphatic heterocycles. The Morgan fingerprint density at radius 2 is 2.00 bits per heavy atom. The van der Waals surface area contributed by atoms with Crippen molar-refractivity contribution in [2.75, 3.05) is 6.54 Å². The third-order valence-electron chi connectivity index (χ3n) is 3.59. The fourth-order valence-corrected chi connectivity index (χ4v) is 2.58. The first kappa shape index (κ1) is 14.3. The summed E-state index contributed by atoms with van der Waals surface area (Å²) in [5.41, 5.74) is 2.29. The van der Waals surface area contributed by atoms with Gasteiger partial charge in [-0.1, -0.05) is 17.7 Å². The first-order chi connectivity index (χ1) is 10.1. The van der Waals surface area contributed by atoms with Crippen LogP contribution < -0.4 is 10.1 Å². The third-order valence-corrected chi connectivity index (χ3v) is 3.88. The molecule has 5 heteroatoms. The second-order valence-corrected chi connectivity index (χ2v) is 5.37. The molecular formula is C16H14ClF2NO. The van der Waals surface area contributed by atoms with Gasteiger partial charge >= 0.3 is 0 Å². The van der Waals surface area contributed by atoms with Gasteiger partial charge in [0.05, 0.1) is 10.6 Å². The molecule has 0 saturated heterocycles. The standard InChI is InChI=1S/C16H14ClF2NO/c17-14-3-4-15(18)13(16(14)19)9-21-12-2-1-11-8-20-6-5-10(11)7-12/h1-4,7,20H,5-6,8-9H2. The van der Waals surface area contributed by atoms with Crippen LogP contribution in [0.2, 0.25) is 5.02 Å². The molecule has 1 heterocycles. The van der Waals surface area contributed by atoms with Gasteiger partial charge in [0.15, 0.2) is 5.82 Å². The van der Waals surface area contributed by atoms with Crippen LogP contribution in [0.15, 0.2) is 30.3 Å². The average Bonchev–Trinajstić information content (AvgIpc) is 2.51. The van der Waals surface area contributed by atoms with Gasteiger partial charge in [0.1, 0.15) is 18.2 Å². The number of nitrogens with one attached hydrogen (secondary N) is 1.